The zero-order chi connectivity index (χ0) is 21.8. The number of nitrogens with zero attached hydrogens (tertiary/aromatic N) is 1. The van der Waals surface area contributed by atoms with Crippen LogP contribution in [0.25, 0.3) is 6.08 Å². The second-order valence-corrected chi connectivity index (χ2v) is 9.06. The molecule has 6 heteroatoms. The first-order chi connectivity index (χ1) is 14.2. The minimum atomic E-state index is -0.265. The Labute approximate surface area is 187 Å². The summed E-state index contributed by atoms with van der Waals surface area (Å²) < 4.78 is 0.395. The number of carbonyl (C=O) groups excluding carboxylic acids is 2. The van der Waals surface area contributed by atoms with E-state index in [2.05, 4.69) is 5.32 Å². The van der Waals surface area contributed by atoms with Gasteiger partial charge in [0.25, 0.3) is 5.91 Å². The highest BCUT2D eigenvalue weighted by molar-refractivity contribution is 8.26. The predicted octanol–water partition coefficient (Wildman–Crippen LogP) is 5.40. The van der Waals surface area contributed by atoms with Gasteiger partial charge in [0, 0.05) is 5.69 Å². The molecule has 0 saturated carbocycles. The summed E-state index contributed by atoms with van der Waals surface area (Å²) >= 11 is 6.58. The number of anilines is 1. The Morgan fingerprint density at radius 2 is 1.77 bits per heavy atom. The Hall–Kier alpha value is -2.70. The van der Waals surface area contributed by atoms with E-state index in [9.17, 15) is 9.59 Å². The Bertz CT molecular complexity index is 1050. The molecule has 0 spiro atoms. The third kappa shape index (κ3) is 5.26. The van der Waals surface area contributed by atoms with Crippen LogP contribution < -0.4 is 5.32 Å². The van der Waals surface area contributed by atoms with Crippen molar-refractivity contribution in [3.8, 4) is 0 Å². The van der Waals surface area contributed by atoms with E-state index in [0.29, 0.717) is 9.23 Å². The number of hydrogen-bond donors (Lipinski definition) is 1. The minimum absolute atomic E-state index is 0.101. The second kappa shape index (κ2) is 9.41. The molecule has 1 heterocycles. The van der Waals surface area contributed by atoms with E-state index >= 15 is 0 Å². The second-order valence-electron chi connectivity index (χ2n) is 7.39. The quantitative estimate of drug-likeness (QED) is 0.504. The van der Waals surface area contributed by atoms with Crippen LogP contribution >= 0.6 is 24.0 Å². The molecule has 1 aliphatic rings. The summed E-state index contributed by atoms with van der Waals surface area (Å²) in [6.07, 6.45) is 3.82. The molecule has 0 aliphatic carbocycles. The molecule has 0 aromatic heterocycles. The number of thiocarbonyl (C=S) groups is 1. The fraction of sp³-hybridized carbons (Fsp3) is 0.208. The van der Waals surface area contributed by atoms with Crippen LogP contribution in [0.5, 0.6) is 0 Å². The average Bonchev–Trinajstić information content (AvgIpc) is 2.92. The lowest BCUT2D eigenvalue weighted by atomic mass is 10.1. The van der Waals surface area contributed by atoms with Crippen LogP contribution in [0.4, 0.5) is 5.69 Å². The van der Waals surface area contributed by atoms with Crippen LogP contribution in [0.15, 0.2) is 59.0 Å². The number of thioether (sulfide) groups is 1. The number of aryl methyl sites for hydroxylation is 3. The Morgan fingerprint density at radius 3 is 2.40 bits per heavy atom. The van der Waals surface area contributed by atoms with Crippen LogP contribution in [0.1, 0.15) is 29.2 Å². The monoisotopic (exact) mass is 436 g/mol. The molecule has 0 bridgehead atoms. The summed E-state index contributed by atoms with van der Waals surface area (Å²) in [5, 5.41) is 2.93. The predicted molar refractivity (Wildman–Crippen MR) is 129 cm³/mol. The van der Waals surface area contributed by atoms with E-state index in [1.165, 1.54) is 16.7 Å². The molecule has 0 unspecified atom stereocenters. The van der Waals surface area contributed by atoms with Gasteiger partial charge < -0.3 is 5.32 Å². The molecule has 2 aromatic rings. The number of rotatable bonds is 5. The van der Waals surface area contributed by atoms with E-state index in [1.54, 1.807) is 0 Å². The number of amides is 2. The topological polar surface area (TPSA) is 49.4 Å². The molecule has 2 aromatic carbocycles. The average molecular weight is 437 g/mol. The van der Waals surface area contributed by atoms with Crippen molar-refractivity contribution >= 4 is 51.9 Å². The zero-order valence-electron chi connectivity index (χ0n) is 17.5. The molecule has 1 N–H and O–H groups in total. The Morgan fingerprint density at radius 1 is 1.13 bits per heavy atom. The highest BCUT2D eigenvalue weighted by Gasteiger charge is 2.33. The van der Waals surface area contributed by atoms with Gasteiger partial charge >= 0.3 is 0 Å². The Kier molecular flexibility index (Phi) is 6.90. The van der Waals surface area contributed by atoms with Gasteiger partial charge in [0.2, 0.25) is 5.91 Å². The van der Waals surface area contributed by atoms with Gasteiger partial charge in [0.1, 0.15) is 10.9 Å². The number of benzene rings is 2. The molecular weight excluding hydrogens is 412 g/mol. The van der Waals surface area contributed by atoms with E-state index in [4.69, 9.17) is 12.2 Å². The summed E-state index contributed by atoms with van der Waals surface area (Å²) in [5.74, 6) is -0.502. The molecule has 4 nitrogen and oxygen atoms in total. The van der Waals surface area contributed by atoms with Crippen molar-refractivity contribution < 1.29 is 9.59 Å². The molecule has 1 fully saturated rings. The van der Waals surface area contributed by atoms with Crippen molar-refractivity contribution in [3.63, 3.8) is 0 Å². The first-order valence-corrected chi connectivity index (χ1v) is 10.8. The zero-order valence-corrected chi connectivity index (χ0v) is 19.1. The van der Waals surface area contributed by atoms with Crippen LogP contribution in [0.3, 0.4) is 0 Å². The summed E-state index contributed by atoms with van der Waals surface area (Å²) in [7, 11) is 0. The molecule has 0 atom stereocenters. The highest BCUT2D eigenvalue weighted by Crippen LogP contribution is 2.32. The van der Waals surface area contributed by atoms with Gasteiger partial charge in [-0.2, -0.15) is 0 Å². The minimum Gasteiger partial charge on any atom is -0.324 e. The lowest BCUT2D eigenvalue weighted by Gasteiger charge is -2.17. The highest BCUT2D eigenvalue weighted by atomic mass is 32.2. The summed E-state index contributed by atoms with van der Waals surface area (Å²) in [6.45, 7) is 7.78. The molecule has 1 aliphatic heterocycles. The third-order valence-corrected chi connectivity index (χ3v) is 6.05. The van der Waals surface area contributed by atoms with Gasteiger partial charge in [0.15, 0.2) is 0 Å². The Balaban J connectivity index is 1.71. The summed E-state index contributed by atoms with van der Waals surface area (Å²) in [6, 6.07) is 13.9. The molecule has 3 rings (SSSR count). The van der Waals surface area contributed by atoms with Crippen LogP contribution in [0, 0.1) is 20.8 Å². The molecule has 1 saturated heterocycles. The van der Waals surface area contributed by atoms with E-state index in [-0.39, 0.29) is 18.4 Å². The van der Waals surface area contributed by atoms with Crippen LogP contribution in [-0.2, 0) is 9.59 Å². The number of allylic oxidation sites excluding steroid dienone is 2. The fourth-order valence-electron chi connectivity index (χ4n) is 3.40. The maximum Gasteiger partial charge on any atom is 0.266 e. The van der Waals surface area contributed by atoms with Crippen LogP contribution in [-0.4, -0.2) is 27.6 Å². The van der Waals surface area contributed by atoms with Crippen molar-refractivity contribution in [2.24, 2.45) is 0 Å². The first-order valence-electron chi connectivity index (χ1n) is 9.61. The molecule has 0 radical (unpaired) electrons. The molecule has 30 heavy (non-hydrogen) atoms. The largest absolute Gasteiger partial charge is 0.324 e. The molecule has 154 valence electrons. The van der Waals surface area contributed by atoms with E-state index in [0.717, 1.165) is 33.5 Å². The normalized spacial score (nSPS) is 15.8. The van der Waals surface area contributed by atoms with Crippen molar-refractivity contribution in [1.29, 1.82) is 0 Å². The van der Waals surface area contributed by atoms with Gasteiger partial charge in [-0.3, -0.25) is 14.5 Å². The lowest BCUT2D eigenvalue weighted by molar-refractivity contribution is -0.126. The standard InChI is InChI=1S/C24H24N2O2S2/c1-15-10-17(3)22(18(4)11-15)25-21(27)14-26-23(28)20(30-24(26)29)13-16(2)12-19-8-6-5-7-9-19/h5-13H,14H2,1-4H3,(H,25,27)/b16-12+,20-13+. The number of hydrogen-bond acceptors (Lipinski definition) is 4. The molecular formula is C24H24N2O2S2. The molecule has 2 amide bonds. The maximum atomic E-state index is 12.8. The van der Waals surface area contributed by atoms with Crippen molar-refractivity contribution in [2.45, 2.75) is 27.7 Å². The fourth-order valence-corrected chi connectivity index (χ4v) is 4.70. The van der Waals surface area contributed by atoms with Gasteiger partial charge in [-0.25, -0.2) is 0 Å². The van der Waals surface area contributed by atoms with Gasteiger partial charge in [0.05, 0.1) is 4.91 Å². The number of nitrogens with one attached hydrogen (secondary N) is 1. The summed E-state index contributed by atoms with van der Waals surface area (Å²) in [5.41, 5.74) is 5.92. The van der Waals surface area contributed by atoms with Crippen molar-refractivity contribution in [3.05, 3.63) is 81.3 Å². The SMILES string of the molecule is CC(=C\c1ccccc1)/C=C1/SC(=S)N(CC(=O)Nc2c(C)cc(C)cc2C)C1=O. The maximum absolute atomic E-state index is 12.8. The van der Waals surface area contributed by atoms with E-state index < -0.39 is 0 Å². The van der Waals surface area contributed by atoms with Crippen molar-refractivity contribution in [2.75, 3.05) is 11.9 Å². The lowest BCUT2D eigenvalue weighted by Crippen LogP contribution is -2.36. The van der Waals surface area contributed by atoms with E-state index in [1.807, 2.05) is 82.3 Å². The van der Waals surface area contributed by atoms with Gasteiger partial charge in [-0.05, 0) is 56.0 Å². The third-order valence-electron chi connectivity index (χ3n) is 4.67. The number of carbonyl (C=O) groups is 2. The van der Waals surface area contributed by atoms with Gasteiger partial charge in [-0.15, -0.1) is 0 Å². The summed E-state index contributed by atoms with van der Waals surface area (Å²) in [4.78, 5) is 27.3. The van der Waals surface area contributed by atoms with Crippen molar-refractivity contribution in [1.82, 2.24) is 4.90 Å². The smallest absolute Gasteiger partial charge is 0.266 e. The van der Waals surface area contributed by atoms with Gasteiger partial charge in [-0.1, -0.05) is 78.1 Å². The van der Waals surface area contributed by atoms with Crippen LogP contribution in [0.2, 0.25) is 0 Å². The first kappa shape index (κ1) is 22.0.